The molecule has 6 heteroatoms. The first-order valence-corrected chi connectivity index (χ1v) is 7.48. The van der Waals surface area contributed by atoms with Crippen LogP contribution in [0, 0.1) is 0 Å². The summed E-state index contributed by atoms with van der Waals surface area (Å²) in [6.45, 7) is 0. The van der Waals surface area contributed by atoms with Crippen molar-refractivity contribution in [2.75, 3.05) is 7.11 Å². The number of aromatic nitrogens is 2. The molecule has 0 amide bonds. The molecule has 1 aromatic heterocycles. The highest BCUT2D eigenvalue weighted by atomic mass is 32.1. The van der Waals surface area contributed by atoms with Crippen LogP contribution >= 0.6 is 11.7 Å². The number of benzene rings is 2. The highest BCUT2D eigenvalue weighted by molar-refractivity contribution is 7.00. The van der Waals surface area contributed by atoms with Crippen molar-refractivity contribution in [1.29, 1.82) is 0 Å². The van der Waals surface area contributed by atoms with E-state index in [0.717, 1.165) is 39.6 Å². The van der Waals surface area contributed by atoms with Gasteiger partial charge in [0, 0.05) is 0 Å². The number of carboxylic acid groups (broad SMARTS) is 1. The molecule has 0 saturated carbocycles. The number of ether oxygens (including phenoxy) is 1. The molecular weight excluding hydrogens is 300 g/mol. The highest BCUT2D eigenvalue weighted by Gasteiger charge is 2.21. The molecule has 0 radical (unpaired) electrons. The van der Waals surface area contributed by atoms with Crippen molar-refractivity contribution in [3.63, 3.8) is 0 Å². The Bertz CT molecular complexity index is 816. The van der Waals surface area contributed by atoms with Gasteiger partial charge in [0.15, 0.2) is 0 Å². The number of aliphatic carboxylic acids is 1. The number of fused-ring (bicyclic) bond motifs is 1. The Morgan fingerprint density at radius 3 is 2.82 bits per heavy atom. The number of hydrogen-bond donors (Lipinski definition) is 1. The molecule has 0 bridgehead atoms. The Morgan fingerprint density at radius 1 is 1.23 bits per heavy atom. The minimum Gasteiger partial charge on any atom is -0.497 e. The largest absolute Gasteiger partial charge is 0.497 e. The zero-order valence-electron chi connectivity index (χ0n) is 11.9. The summed E-state index contributed by atoms with van der Waals surface area (Å²) in [6.07, 6.45) is 0.398. The van der Waals surface area contributed by atoms with Crippen LogP contribution < -0.4 is 4.74 Å². The summed E-state index contributed by atoms with van der Waals surface area (Å²) in [7, 11) is 1.59. The lowest BCUT2D eigenvalue weighted by molar-refractivity contribution is -0.138. The van der Waals surface area contributed by atoms with E-state index in [-0.39, 0.29) is 0 Å². The maximum absolute atomic E-state index is 11.7. The van der Waals surface area contributed by atoms with Gasteiger partial charge in [-0.25, -0.2) is 0 Å². The number of carboxylic acids is 1. The minimum absolute atomic E-state index is 0.398. The van der Waals surface area contributed by atoms with Gasteiger partial charge in [0.25, 0.3) is 0 Å². The summed E-state index contributed by atoms with van der Waals surface area (Å²) in [4.78, 5) is 11.7. The molecule has 0 aliphatic rings. The lowest BCUT2D eigenvalue weighted by Crippen LogP contribution is -2.14. The number of hydrogen-bond acceptors (Lipinski definition) is 5. The predicted octanol–water partition coefficient (Wildman–Crippen LogP) is 3.11. The molecule has 112 valence electrons. The quantitative estimate of drug-likeness (QED) is 0.783. The van der Waals surface area contributed by atoms with Crippen LogP contribution in [0.15, 0.2) is 42.5 Å². The van der Waals surface area contributed by atoms with Gasteiger partial charge in [-0.05, 0) is 41.8 Å². The fourth-order valence-corrected chi connectivity index (χ4v) is 2.92. The van der Waals surface area contributed by atoms with Crippen molar-refractivity contribution in [1.82, 2.24) is 8.75 Å². The summed E-state index contributed by atoms with van der Waals surface area (Å²) < 4.78 is 13.5. The summed E-state index contributed by atoms with van der Waals surface area (Å²) in [5, 5.41) is 9.57. The van der Waals surface area contributed by atoms with E-state index in [4.69, 9.17) is 4.74 Å². The van der Waals surface area contributed by atoms with E-state index in [1.165, 1.54) is 0 Å². The summed E-state index contributed by atoms with van der Waals surface area (Å²) in [5.74, 6) is -0.760. The Kier molecular flexibility index (Phi) is 4.02. The zero-order chi connectivity index (χ0) is 15.5. The maximum atomic E-state index is 11.7. The first-order valence-electron chi connectivity index (χ1n) is 6.75. The second-order valence-electron chi connectivity index (χ2n) is 4.96. The maximum Gasteiger partial charge on any atom is 0.311 e. The van der Waals surface area contributed by atoms with Crippen LogP contribution in [0.25, 0.3) is 11.0 Å². The topological polar surface area (TPSA) is 72.3 Å². The molecule has 1 heterocycles. The summed E-state index contributed by atoms with van der Waals surface area (Å²) >= 11 is 1.13. The molecule has 3 rings (SSSR count). The third kappa shape index (κ3) is 2.92. The molecule has 0 fully saturated rings. The van der Waals surface area contributed by atoms with Gasteiger partial charge >= 0.3 is 5.97 Å². The summed E-state index contributed by atoms with van der Waals surface area (Å²) in [6, 6.07) is 12.9. The molecular formula is C16H14N2O3S. The average Bonchev–Trinajstić information content (AvgIpc) is 3.00. The average molecular weight is 314 g/mol. The number of rotatable bonds is 5. The van der Waals surface area contributed by atoms with Crippen LogP contribution in [0.1, 0.15) is 17.0 Å². The Morgan fingerprint density at radius 2 is 2.05 bits per heavy atom. The lowest BCUT2D eigenvalue weighted by atomic mass is 9.91. The Labute approximate surface area is 131 Å². The van der Waals surface area contributed by atoms with Gasteiger partial charge in [-0.3, -0.25) is 4.79 Å². The van der Waals surface area contributed by atoms with Crippen molar-refractivity contribution < 1.29 is 14.6 Å². The molecule has 1 atom stereocenters. The van der Waals surface area contributed by atoms with Gasteiger partial charge in [-0.1, -0.05) is 18.2 Å². The van der Waals surface area contributed by atoms with Gasteiger partial charge in [0.1, 0.15) is 16.8 Å². The fraction of sp³-hybridized carbons (Fsp3) is 0.188. The van der Waals surface area contributed by atoms with E-state index in [9.17, 15) is 9.90 Å². The molecule has 2 aromatic carbocycles. The second kappa shape index (κ2) is 6.11. The first-order chi connectivity index (χ1) is 10.7. The smallest absolute Gasteiger partial charge is 0.311 e. The predicted molar refractivity (Wildman–Crippen MR) is 84.5 cm³/mol. The number of nitrogens with zero attached hydrogens (tertiary/aromatic N) is 2. The van der Waals surface area contributed by atoms with Crippen LogP contribution in [0.5, 0.6) is 5.75 Å². The van der Waals surface area contributed by atoms with E-state index in [1.807, 2.05) is 36.4 Å². The molecule has 3 aromatic rings. The molecule has 0 aliphatic heterocycles. The Balaban J connectivity index is 1.93. The minimum atomic E-state index is -0.856. The number of methoxy groups -OCH3 is 1. The molecule has 1 unspecified atom stereocenters. The molecule has 0 saturated heterocycles. The van der Waals surface area contributed by atoms with Crippen LogP contribution in [0.4, 0.5) is 0 Å². The lowest BCUT2D eigenvalue weighted by Gasteiger charge is -2.13. The van der Waals surface area contributed by atoms with Crippen molar-refractivity contribution in [2.24, 2.45) is 0 Å². The van der Waals surface area contributed by atoms with Crippen molar-refractivity contribution in [3.05, 3.63) is 53.6 Å². The zero-order valence-corrected chi connectivity index (χ0v) is 12.7. The van der Waals surface area contributed by atoms with E-state index < -0.39 is 11.9 Å². The molecule has 0 spiro atoms. The van der Waals surface area contributed by atoms with E-state index in [1.54, 1.807) is 13.2 Å². The first kappa shape index (κ1) is 14.5. The third-order valence-electron chi connectivity index (χ3n) is 3.55. The molecule has 5 nitrogen and oxygen atoms in total. The normalized spacial score (nSPS) is 12.2. The van der Waals surface area contributed by atoms with Crippen molar-refractivity contribution >= 4 is 28.7 Å². The second-order valence-corrected chi connectivity index (χ2v) is 5.49. The SMILES string of the molecule is COc1cccc(CC(C(=O)O)c2ccc3nsnc3c2)c1. The molecule has 22 heavy (non-hydrogen) atoms. The number of carbonyl (C=O) groups is 1. The Hall–Kier alpha value is -2.47. The van der Waals surface area contributed by atoms with E-state index in [2.05, 4.69) is 8.75 Å². The highest BCUT2D eigenvalue weighted by Crippen LogP contribution is 2.26. The standard InChI is InChI=1S/C16H14N2O3S/c1-21-12-4-2-3-10(7-12)8-13(16(19)20)11-5-6-14-15(9-11)18-22-17-14/h2-7,9,13H,8H2,1H3,(H,19,20). The van der Waals surface area contributed by atoms with Crippen LogP contribution in [0.3, 0.4) is 0 Å². The van der Waals surface area contributed by atoms with Gasteiger partial charge in [-0.15, -0.1) is 0 Å². The van der Waals surface area contributed by atoms with Crippen LogP contribution in [-0.2, 0) is 11.2 Å². The van der Waals surface area contributed by atoms with Gasteiger partial charge in [0.05, 0.1) is 24.8 Å². The van der Waals surface area contributed by atoms with Crippen LogP contribution in [-0.4, -0.2) is 26.9 Å². The summed E-state index contributed by atoms with van der Waals surface area (Å²) in [5.41, 5.74) is 3.18. The van der Waals surface area contributed by atoms with Crippen molar-refractivity contribution in [3.8, 4) is 5.75 Å². The van der Waals surface area contributed by atoms with Crippen molar-refractivity contribution in [2.45, 2.75) is 12.3 Å². The van der Waals surface area contributed by atoms with Crippen LogP contribution in [0.2, 0.25) is 0 Å². The van der Waals surface area contributed by atoms with Gasteiger partial charge in [0.2, 0.25) is 0 Å². The third-order valence-corrected chi connectivity index (χ3v) is 4.11. The molecule has 0 aliphatic carbocycles. The monoisotopic (exact) mass is 314 g/mol. The molecule has 1 N–H and O–H groups in total. The van der Waals surface area contributed by atoms with Gasteiger partial charge < -0.3 is 9.84 Å². The van der Waals surface area contributed by atoms with E-state index >= 15 is 0 Å². The van der Waals surface area contributed by atoms with Gasteiger partial charge in [-0.2, -0.15) is 8.75 Å². The fourth-order valence-electron chi connectivity index (χ4n) is 2.40. The van der Waals surface area contributed by atoms with E-state index in [0.29, 0.717) is 6.42 Å².